The SMILES string of the molecule is CC(=O)OC(C)(C)C.CC(C)(C)OC(=O)Cc1nc(Cl)cc2ccc(F)cc12.Fc1ccc2cc(Cl)nc(Cl)c2c1. The number of ether oxygens (including phenoxy) is 2. The van der Waals surface area contributed by atoms with Gasteiger partial charge in [-0.1, -0.05) is 46.9 Å². The number of rotatable bonds is 2. The topological polar surface area (TPSA) is 78.4 Å². The van der Waals surface area contributed by atoms with Crippen molar-refractivity contribution < 1.29 is 27.8 Å². The summed E-state index contributed by atoms with van der Waals surface area (Å²) in [4.78, 5) is 30.0. The first-order valence-corrected chi connectivity index (χ1v) is 13.5. The maximum absolute atomic E-state index is 13.3. The van der Waals surface area contributed by atoms with E-state index in [-0.39, 0.29) is 39.9 Å². The number of fused-ring (bicyclic) bond motifs is 2. The van der Waals surface area contributed by atoms with Crippen LogP contribution in [0.5, 0.6) is 0 Å². The smallest absolute Gasteiger partial charge is 0.312 e. The number of pyridine rings is 2. The van der Waals surface area contributed by atoms with E-state index >= 15 is 0 Å². The highest BCUT2D eigenvalue weighted by molar-refractivity contribution is 6.36. The third-order valence-electron chi connectivity index (χ3n) is 4.74. The Kier molecular flexibility index (Phi) is 11.8. The number of halogens is 5. The van der Waals surface area contributed by atoms with E-state index in [9.17, 15) is 18.4 Å². The summed E-state index contributed by atoms with van der Waals surface area (Å²) in [5.74, 6) is -1.36. The van der Waals surface area contributed by atoms with Crippen molar-refractivity contribution in [3.8, 4) is 0 Å². The lowest BCUT2D eigenvalue weighted by molar-refractivity contribution is -0.154. The van der Waals surface area contributed by atoms with Gasteiger partial charge in [0.15, 0.2) is 0 Å². The summed E-state index contributed by atoms with van der Waals surface area (Å²) in [5.41, 5.74) is -0.482. The molecule has 0 amide bonds. The highest BCUT2D eigenvalue weighted by atomic mass is 35.5. The van der Waals surface area contributed by atoms with Crippen LogP contribution in [0.3, 0.4) is 0 Å². The van der Waals surface area contributed by atoms with Gasteiger partial charge in [0.2, 0.25) is 0 Å². The molecule has 2 heterocycles. The fourth-order valence-electron chi connectivity index (χ4n) is 3.48. The molecule has 4 rings (SSSR count). The third kappa shape index (κ3) is 12.1. The van der Waals surface area contributed by atoms with Crippen LogP contribution < -0.4 is 0 Å². The third-order valence-corrected chi connectivity index (χ3v) is 5.42. The average molecular weight is 628 g/mol. The minimum atomic E-state index is -0.573. The van der Waals surface area contributed by atoms with Gasteiger partial charge in [0.05, 0.1) is 12.1 Å². The van der Waals surface area contributed by atoms with Crippen molar-refractivity contribution >= 4 is 68.3 Å². The summed E-state index contributed by atoms with van der Waals surface area (Å²) in [7, 11) is 0. The van der Waals surface area contributed by atoms with Crippen LogP contribution >= 0.6 is 34.8 Å². The summed E-state index contributed by atoms with van der Waals surface area (Å²) in [6.07, 6.45) is -0.0439. The Morgan fingerprint density at radius 3 is 1.66 bits per heavy atom. The first-order chi connectivity index (χ1) is 18.8. The van der Waals surface area contributed by atoms with E-state index in [4.69, 9.17) is 44.3 Å². The van der Waals surface area contributed by atoms with Gasteiger partial charge in [0.1, 0.15) is 38.3 Å². The zero-order chi connectivity index (χ0) is 31.1. The van der Waals surface area contributed by atoms with Crippen molar-refractivity contribution in [2.75, 3.05) is 0 Å². The second-order valence-electron chi connectivity index (χ2n) is 10.8. The molecule has 0 aliphatic heterocycles. The van der Waals surface area contributed by atoms with Gasteiger partial charge in [-0.3, -0.25) is 9.59 Å². The normalized spacial score (nSPS) is 11.2. The van der Waals surface area contributed by atoms with E-state index in [1.165, 1.54) is 31.2 Å². The molecule has 0 saturated heterocycles. The summed E-state index contributed by atoms with van der Waals surface area (Å²) < 4.78 is 36.2. The van der Waals surface area contributed by atoms with Crippen LogP contribution in [0.15, 0.2) is 48.5 Å². The molecule has 0 fully saturated rings. The lowest BCUT2D eigenvalue weighted by Gasteiger charge is -2.19. The van der Waals surface area contributed by atoms with E-state index in [1.807, 2.05) is 20.8 Å². The molecule has 0 unspecified atom stereocenters. The molecule has 2 aromatic carbocycles. The van der Waals surface area contributed by atoms with Crippen molar-refractivity contribution in [3.63, 3.8) is 0 Å². The lowest BCUT2D eigenvalue weighted by Crippen LogP contribution is -2.25. The number of hydrogen-bond acceptors (Lipinski definition) is 6. The van der Waals surface area contributed by atoms with Gasteiger partial charge < -0.3 is 9.47 Å². The summed E-state index contributed by atoms with van der Waals surface area (Å²) >= 11 is 17.4. The molecule has 41 heavy (non-hydrogen) atoms. The Labute approximate surface area is 252 Å². The van der Waals surface area contributed by atoms with Crippen molar-refractivity contribution in [1.82, 2.24) is 9.97 Å². The van der Waals surface area contributed by atoms with Gasteiger partial charge in [0, 0.05) is 17.7 Å². The largest absolute Gasteiger partial charge is 0.460 e. The van der Waals surface area contributed by atoms with Crippen LogP contribution in [-0.2, 0) is 25.5 Å². The molecule has 220 valence electrons. The van der Waals surface area contributed by atoms with E-state index in [0.29, 0.717) is 21.6 Å². The molecule has 0 aliphatic carbocycles. The van der Waals surface area contributed by atoms with Gasteiger partial charge in [-0.15, -0.1) is 0 Å². The van der Waals surface area contributed by atoms with Crippen LogP contribution in [0.4, 0.5) is 8.78 Å². The summed E-state index contributed by atoms with van der Waals surface area (Å²) in [5, 5.41) is 3.47. The molecule has 0 atom stereocenters. The Bertz CT molecular complexity index is 1550. The number of carbonyl (C=O) groups excluding carboxylic acids is 2. The number of esters is 2. The number of benzene rings is 2. The number of aromatic nitrogens is 2. The molecule has 2 aromatic heterocycles. The predicted molar refractivity (Wildman–Crippen MR) is 159 cm³/mol. The molecule has 4 aromatic rings. The number of carbonyl (C=O) groups is 2. The Morgan fingerprint density at radius 2 is 1.20 bits per heavy atom. The minimum Gasteiger partial charge on any atom is -0.460 e. The van der Waals surface area contributed by atoms with E-state index in [1.54, 1.807) is 45.0 Å². The van der Waals surface area contributed by atoms with Crippen LogP contribution in [0.2, 0.25) is 15.5 Å². The standard InChI is InChI=1S/C15H15ClFNO2.C9H4Cl2FN.C6H12O2/c1-15(2,3)20-14(19)8-12-11-7-10(17)5-4-9(11)6-13(16)18-12;10-8-3-5-1-2-6(12)4-7(5)9(11)13-8;1-5(7)8-6(2,3)4/h4-7H,8H2,1-3H3;1-4H;1-4H3. The zero-order valence-electron chi connectivity index (χ0n) is 23.7. The van der Waals surface area contributed by atoms with Gasteiger partial charge in [0.25, 0.3) is 0 Å². The summed E-state index contributed by atoms with van der Waals surface area (Å²) in [6, 6.07) is 11.9. The fraction of sp³-hybridized carbons (Fsp3) is 0.333. The van der Waals surface area contributed by atoms with Crippen molar-refractivity contribution in [1.29, 1.82) is 0 Å². The second kappa shape index (κ2) is 14.2. The second-order valence-corrected chi connectivity index (χ2v) is 12.0. The van der Waals surface area contributed by atoms with Gasteiger partial charge in [-0.2, -0.15) is 0 Å². The maximum Gasteiger partial charge on any atom is 0.312 e. The maximum atomic E-state index is 13.3. The van der Waals surface area contributed by atoms with E-state index in [2.05, 4.69) is 9.97 Å². The Hall–Kier alpha value is -3.07. The van der Waals surface area contributed by atoms with E-state index < -0.39 is 11.6 Å². The monoisotopic (exact) mass is 626 g/mol. The summed E-state index contributed by atoms with van der Waals surface area (Å²) in [6.45, 7) is 12.3. The molecule has 6 nitrogen and oxygen atoms in total. The van der Waals surface area contributed by atoms with Crippen LogP contribution in [0.25, 0.3) is 21.5 Å². The van der Waals surface area contributed by atoms with Crippen LogP contribution in [0.1, 0.15) is 54.2 Å². The molecular weight excluding hydrogens is 597 g/mol. The van der Waals surface area contributed by atoms with Gasteiger partial charge in [-0.05, 0) is 88.7 Å². The highest BCUT2D eigenvalue weighted by Gasteiger charge is 2.18. The Morgan fingerprint density at radius 1 is 0.732 bits per heavy atom. The van der Waals surface area contributed by atoms with E-state index in [0.717, 1.165) is 10.8 Å². The molecule has 0 radical (unpaired) electrons. The minimum absolute atomic E-state index is 0.0439. The fourth-order valence-corrected chi connectivity index (χ4v) is 4.20. The quantitative estimate of drug-likeness (QED) is 0.163. The van der Waals surface area contributed by atoms with Crippen molar-refractivity contribution in [2.24, 2.45) is 0 Å². The lowest BCUT2D eigenvalue weighted by atomic mass is 10.1. The first kappa shape index (κ1) is 34.1. The molecule has 0 bridgehead atoms. The molecule has 0 aliphatic rings. The van der Waals surface area contributed by atoms with Crippen molar-refractivity contribution in [3.05, 3.63) is 81.3 Å². The van der Waals surface area contributed by atoms with Crippen LogP contribution in [0, 0.1) is 11.6 Å². The molecule has 0 N–H and O–H groups in total. The average Bonchev–Trinajstić information content (AvgIpc) is 2.78. The van der Waals surface area contributed by atoms with Crippen molar-refractivity contribution in [2.45, 2.75) is 66.1 Å². The first-order valence-electron chi connectivity index (χ1n) is 12.4. The molecule has 11 heteroatoms. The van der Waals surface area contributed by atoms with Crippen LogP contribution in [-0.4, -0.2) is 33.1 Å². The molecule has 0 spiro atoms. The molecule has 0 saturated carbocycles. The number of hydrogen-bond donors (Lipinski definition) is 0. The highest BCUT2D eigenvalue weighted by Crippen LogP contribution is 2.25. The molecular formula is C30H31Cl3F2N2O4. The Balaban J connectivity index is 0.000000240. The predicted octanol–water partition coefficient (Wildman–Crippen LogP) is 8.94. The van der Waals surface area contributed by atoms with Gasteiger partial charge >= 0.3 is 11.9 Å². The van der Waals surface area contributed by atoms with Gasteiger partial charge in [-0.25, -0.2) is 18.7 Å². The zero-order valence-corrected chi connectivity index (χ0v) is 26.0. The number of nitrogens with zero attached hydrogens (tertiary/aromatic N) is 2.